The van der Waals surface area contributed by atoms with E-state index in [4.69, 9.17) is 16.3 Å². The Kier molecular flexibility index (Phi) is 5.39. The van der Waals surface area contributed by atoms with Gasteiger partial charge in [0.25, 0.3) is 0 Å². The van der Waals surface area contributed by atoms with Crippen LogP contribution < -0.4 is 0 Å². The van der Waals surface area contributed by atoms with Gasteiger partial charge in [0, 0.05) is 12.8 Å². The Morgan fingerprint density at radius 2 is 2.14 bits per heavy atom. The molecule has 0 aliphatic heterocycles. The summed E-state index contributed by atoms with van der Waals surface area (Å²) in [5, 5.41) is 11.6. The Bertz CT molecular complexity index is 619. The first-order valence-electron chi connectivity index (χ1n) is 6.53. The first-order chi connectivity index (χ1) is 10.5. The number of halogens is 3. The van der Waals surface area contributed by atoms with Gasteiger partial charge < -0.3 is 15.2 Å². The average molecular weight is 331 g/mol. The van der Waals surface area contributed by atoms with E-state index in [1.807, 2.05) is 0 Å². The summed E-state index contributed by atoms with van der Waals surface area (Å²) in [7, 11) is 2.55. The van der Waals surface area contributed by atoms with Crippen molar-refractivity contribution >= 4 is 11.6 Å². The molecule has 1 atom stereocenters. The van der Waals surface area contributed by atoms with Crippen LogP contribution in [0.4, 0.5) is 8.78 Å². The third-order valence-corrected chi connectivity index (χ3v) is 3.69. The number of rotatable bonds is 5. The van der Waals surface area contributed by atoms with Crippen LogP contribution in [0, 0.1) is 11.0 Å². The van der Waals surface area contributed by atoms with Crippen molar-refractivity contribution in [1.29, 1.82) is 0 Å². The summed E-state index contributed by atoms with van der Waals surface area (Å²) in [6.07, 6.45) is -0.199. The molecule has 1 aromatic rings. The van der Waals surface area contributed by atoms with Gasteiger partial charge in [0.1, 0.15) is 17.7 Å². The average Bonchev–Trinajstić information content (AvgIpc) is 2.52. The molecular formula is C15H15ClF2NO3-. The van der Waals surface area contributed by atoms with Gasteiger partial charge in [-0.3, -0.25) is 4.84 Å². The number of allylic oxidation sites excluding steroid dienone is 4. The second-order valence-corrected chi connectivity index (χ2v) is 5.13. The second-order valence-electron chi connectivity index (χ2n) is 4.72. The lowest BCUT2D eigenvalue weighted by Gasteiger charge is -2.34. The predicted molar refractivity (Wildman–Crippen MR) is 79.0 cm³/mol. The summed E-state index contributed by atoms with van der Waals surface area (Å²) in [6.45, 7) is 0. The number of methoxy groups -OCH3 is 1. The zero-order valence-corrected chi connectivity index (χ0v) is 12.9. The monoisotopic (exact) mass is 330 g/mol. The highest BCUT2D eigenvalue weighted by Crippen LogP contribution is 2.32. The number of benzene rings is 1. The van der Waals surface area contributed by atoms with E-state index in [9.17, 15) is 14.0 Å². The Hall–Kier alpha value is -1.63. The summed E-state index contributed by atoms with van der Waals surface area (Å²) >= 11 is 5.75. The molecule has 0 bridgehead atoms. The summed E-state index contributed by atoms with van der Waals surface area (Å²) in [5.41, 5.74) is 0.658. The van der Waals surface area contributed by atoms with Gasteiger partial charge in [-0.05, 0) is 23.3 Å². The zero-order chi connectivity index (χ0) is 16.3. The van der Waals surface area contributed by atoms with Gasteiger partial charge in [-0.2, -0.15) is 0 Å². The maximum absolute atomic E-state index is 14.0. The lowest BCUT2D eigenvalue weighted by molar-refractivity contribution is -0.0679. The van der Waals surface area contributed by atoms with Gasteiger partial charge >= 0.3 is 0 Å². The smallest absolute Gasteiger partial charge is 0.148 e. The molecule has 0 N–H and O–H groups in total. The molecule has 0 spiro atoms. The summed E-state index contributed by atoms with van der Waals surface area (Å²) in [6, 6.07) is 4.63. The Labute approximate surface area is 132 Å². The molecule has 0 radical (unpaired) electrons. The Balaban J connectivity index is 2.37. The highest BCUT2D eigenvalue weighted by Gasteiger charge is 2.25. The van der Waals surface area contributed by atoms with Crippen LogP contribution >= 0.6 is 11.6 Å². The Morgan fingerprint density at radius 3 is 2.77 bits per heavy atom. The molecule has 0 fully saturated rings. The van der Waals surface area contributed by atoms with Crippen LogP contribution in [0.5, 0.6) is 0 Å². The molecule has 120 valence electrons. The number of hydroxylamine groups is 2. The minimum atomic E-state index is -1.54. The van der Waals surface area contributed by atoms with E-state index in [2.05, 4.69) is 4.84 Å². The normalized spacial score (nSPS) is 18.3. The van der Waals surface area contributed by atoms with Crippen LogP contribution in [0.2, 0.25) is 5.02 Å². The van der Waals surface area contributed by atoms with E-state index in [-0.39, 0.29) is 28.8 Å². The molecular weight excluding hydrogens is 316 g/mol. The third-order valence-electron chi connectivity index (χ3n) is 3.40. The Morgan fingerprint density at radius 1 is 1.41 bits per heavy atom. The molecule has 0 amide bonds. The maximum atomic E-state index is 14.0. The zero-order valence-electron chi connectivity index (χ0n) is 12.1. The third kappa shape index (κ3) is 3.40. The van der Waals surface area contributed by atoms with Crippen molar-refractivity contribution in [2.24, 2.45) is 0 Å². The fraction of sp³-hybridized carbons (Fsp3) is 0.333. The molecule has 0 aromatic heterocycles. The van der Waals surface area contributed by atoms with Crippen molar-refractivity contribution in [2.75, 3.05) is 14.2 Å². The van der Waals surface area contributed by atoms with Crippen LogP contribution in [0.1, 0.15) is 12.0 Å². The topological polar surface area (TPSA) is 44.8 Å². The van der Waals surface area contributed by atoms with E-state index in [1.165, 1.54) is 19.3 Å². The van der Waals surface area contributed by atoms with Crippen molar-refractivity contribution in [3.63, 3.8) is 0 Å². The summed E-state index contributed by atoms with van der Waals surface area (Å²) in [5.74, 6) is -0.185. The van der Waals surface area contributed by atoms with Crippen molar-refractivity contribution < 1.29 is 18.4 Å². The van der Waals surface area contributed by atoms with Gasteiger partial charge in [-0.15, -0.1) is 0 Å². The molecule has 4 nitrogen and oxygen atoms in total. The fourth-order valence-electron chi connectivity index (χ4n) is 2.27. The minimum absolute atomic E-state index is 0.00258. The molecule has 1 aliphatic carbocycles. The van der Waals surface area contributed by atoms with Gasteiger partial charge in [0.05, 0.1) is 24.9 Å². The summed E-state index contributed by atoms with van der Waals surface area (Å²) in [4.78, 5) is 4.48. The molecule has 0 saturated carbocycles. The van der Waals surface area contributed by atoms with Gasteiger partial charge in [0.15, 0.2) is 0 Å². The SMILES string of the molecule is COC1=C(Cc2cccc(Cl)c2F)C=C(N([O-])OC)C(F)C1. The molecule has 2 rings (SSSR count). The number of alkyl halides is 1. The number of hydrogen-bond acceptors (Lipinski definition) is 4. The maximum Gasteiger partial charge on any atom is 0.148 e. The molecule has 1 aliphatic rings. The van der Waals surface area contributed by atoms with Gasteiger partial charge in [-0.1, -0.05) is 23.7 Å². The number of hydrogen-bond donors (Lipinski definition) is 0. The first-order valence-corrected chi connectivity index (χ1v) is 6.91. The quantitative estimate of drug-likeness (QED) is 0.768. The minimum Gasteiger partial charge on any atom is -0.734 e. The van der Waals surface area contributed by atoms with E-state index in [0.717, 1.165) is 7.11 Å². The van der Waals surface area contributed by atoms with Crippen LogP contribution in [0.25, 0.3) is 0 Å². The van der Waals surface area contributed by atoms with Gasteiger partial charge in [0.2, 0.25) is 0 Å². The largest absolute Gasteiger partial charge is 0.734 e. The van der Waals surface area contributed by atoms with Crippen molar-refractivity contribution in [3.05, 3.63) is 62.9 Å². The molecule has 7 heteroatoms. The van der Waals surface area contributed by atoms with E-state index < -0.39 is 12.0 Å². The highest BCUT2D eigenvalue weighted by atomic mass is 35.5. The van der Waals surface area contributed by atoms with Crippen LogP contribution in [0.15, 0.2) is 41.3 Å². The fourth-order valence-corrected chi connectivity index (χ4v) is 2.47. The van der Waals surface area contributed by atoms with Crippen molar-refractivity contribution in [1.82, 2.24) is 5.23 Å². The lowest BCUT2D eigenvalue weighted by atomic mass is 9.95. The van der Waals surface area contributed by atoms with E-state index in [0.29, 0.717) is 16.9 Å². The number of ether oxygens (including phenoxy) is 1. The molecule has 1 unspecified atom stereocenters. The molecule has 0 saturated heterocycles. The van der Waals surface area contributed by atoms with Crippen LogP contribution in [-0.4, -0.2) is 25.6 Å². The molecule has 0 heterocycles. The van der Waals surface area contributed by atoms with Gasteiger partial charge in [-0.25, -0.2) is 8.78 Å². The number of nitrogens with zero attached hydrogens (tertiary/aromatic N) is 1. The van der Waals surface area contributed by atoms with Crippen molar-refractivity contribution in [3.8, 4) is 0 Å². The summed E-state index contributed by atoms with van der Waals surface area (Å²) < 4.78 is 33.1. The first kappa shape index (κ1) is 16.7. The van der Waals surface area contributed by atoms with Crippen LogP contribution in [0.3, 0.4) is 0 Å². The van der Waals surface area contributed by atoms with Crippen LogP contribution in [-0.2, 0) is 16.0 Å². The molecule has 22 heavy (non-hydrogen) atoms. The lowest BCUT2D eigenvalue weighted by Crippen LogP contribution is -2.26. The van der Waals surface area contributed by atoms with E-state index >= 15 is 0 Å². The van der Waals surface area contributed by atoms with Crippen molar-refractivity contribution in [2.45, 2.75) is 19.0 Å². The molecule has 1 aromatic carbocycles. The predicted octanol–water partition coefficient (Wildman–Crippen LogP) is 3.91. The second kappa shape index (κ2) is 7.09. The van der Waals surface area contributed by atoms with E-state index in [1.54, 1.807) is 12.1 Å². The standard InChI is InChI=1S/C15H15ClF2NO3/c1-21-14-8-12(17)13(19(20)22-2)7-10(14)6-9-4-3-5-11(16)15(9)18/h3-5,7,12H,6,8H2,1-2H3/q-1. The highest BCUT2D eigenvalue weighted by molar-refractivity contribution is 6.30.